The van der Waals surface area contributed by atoms with Gasteiger partial charge in [-0.15, -0.1) is 0 Å². The number of benzene rings is 3. The smallest absolute Gasteiger partial charge is 0.335 e. The van der Waals surface area contributed by atoms with E-state index in [4.69, 9.17) is 0 Å². The molecule has 3 aromatic carbocycles. The Morgan fingerprint density at radius 2 is 1.43 bits per heavy atom. The fourth-order valence-corrected chi connectivity index (χ4v) is 5.91. The molecule has 5 rings (SSSR count). The Hall–Kier alpha value is -4.62. The summed E-state index contributed by atoms with van der Waals surface area (Å²) in [6.07, 6.45) is -14.7. The molecule has 1 aromatic heterocycles. The quantitative estimate of drug-likeness (QED) is 0.196. The summed E-state index contributed by atoms with van der Waals surface area (Å²) >= 11 is 0. The van der Waals surface area contributed by atoms with Crippen LogP contribution in [-0.4, -0.2) is 51.4 Å². The predicted molar refractivity (Wildman–Crippen MR) is 153 cm³/mol. The zero-order valence-electron chi connectivity index (χ0n) is 24.3. The Kier molecular flexibility index (Phi) is 9.24. The summed E-state index contributed by atoms with van der Waals surface area (Å²) in [6.45, 7) is -0.794. The SMILES string of the molecule is O=C(c1cc(C(F)(F)F)cc(C(F)(F)F)c1)N1CCC(N(Cc2ccnc3ccccc23)C(=O)C(F)(F)F)CC1Cc1ccccc1. The highest BCUT2D eigenvalue weighted by molar-refractivity contribution is 5.95. The van der Waals surface area contributed by atoms with Crippen molar-refractivity contribution >= 4 is 22.7 Å². The van der Waals surface area contributed by atoms with Gasteiger partial charge in [-0.2, -0.15) is 39.5 Å². The normalized spacial score (nSPS) is 17.5. The van der Waals surface area contributed by atoms with Gasteiger partial charge in [0.05, 0.1) is 16.6 Å². The van der Waals surface area contributed by atoms with Gasteiger partial charge in [-0.3, -0.25) is 14.6 Å². The summed E-state index contributed by atoms with van der Waals surface area (Å²) < 4.78 is 123. The number of fused-ring (bicyclic) bond motifs is 1. The molecule has 0 saturated carbocycles. The number of rotatable bonds is 6. The van der Waals surface area contributed by atoms with Gasteiger partial charge >= 0.3 is 24.4 Å². The number of hydrogen-bond donors (Lipinski definition) is 0. The van der Waals surface area contributed by atoms with E-state index in [-0.39, 0.29) is 31.9 Å². The minimum absolute atomic E-state index is 0.0143. The Bertz CT molecular complexity index is 1720. The third kappa shape index (κ3) is 7.68. The van der Waals surface area contributed by atoms with Gasteiger partial charge in [0, 0.05) is 42.3 Å². The van der Waals surface area contributed by atoms with Crippen LogP contribution in [0.2, 0.25) is 0 Å². The molecule has 5 nitrogen and oxygen atoms in total. The van der Waals surface area contributed by atoms with Crippen molar-refractivity contribution in [2.45, 2.75) is 56.4 Å². The zero-order valence-corrected chi connectivity index (χ0v) is 24.3. The minimum Gasteiger partial charge on any atom is -0.335 e. The monoisotopic (exact) mass is 667 g/mol. The van der Waals surface area contributed by atoms with Crippen LogP contribution in [-0.2, 0) is 30.1 Å². The van der Waals surface area contributed by atoms with Crippen molar-refractivity contribution < 1.29 is 49.1 Å². The van der Waals surface area contributed by atoms with Crippen molar-refractivity contribution in [3.63, 3.8) is 0 Å². The lowest BCUT2D eigenvalue weighted by molar-refractivity contribution is -0.189. The van der Waals surface area contributed by atoms with Gasteiger partial charge in [-0.1, -0.05) is 48.5 Å². The van der Waals surface area contributed by atoms with Gasteiger partial charge in [0.2, 0.25) is 0 Å². The van der Waals surface area contributed by atoms with Crippen molar-refractivity contribution in [1.82, 2.24) is 14.8 Å². The lowest BCUT2D eigenvalue weighted by atomic mass is 9.89. The highest BCUT2D eigenvalue weighted by Gasteiger charge is 2.47. The van der Waals surface area contributed by atoms with Crippen LogP contribution >= 0.6 is 0 Å². The van der Waals surface area contributed by atoms with Crippen LogP contribution in [0, 0.1) is 0 Å². The Morgan fingerprint density at radius 1 is 0.809 bits per heavy atom. The highest BCUT2D eigenvalue weighted by Crippen LogP contribution is 2.38. The van der Waals surface area contributed by atoms with Crippen molar-refractivity contribution in [1.29, 1.82) is 0 Å². The van der Waals surface area contributed by atoms with E-state index in [9.17, 15) is 49.1 Å². The van der Waals surface area contributed by atoms with E-state index in [0.29, 0.717) is 39.1 Å². The zero-order chi connectivity index (χ0) is 34.1. The summed E-state index contributed by atoms with van der Waals surface area (Å²) in [5, 5.41) is 0.522. The molecule has 248 valence electrons. The number of hydrogen-bond acceptors (Lipinski definition) is 3. The molecular formula is C33H26F9N3O2. The van der Waals surface area contributed by atoms with Gasteiger partial charge in [0.15, 0.2) is 0 Å². The molecule has 0 radical (unpaired) electrons. The van der Waals surface area contributed by atoms with Crippen molar-refractivity contribution in [2.24, 2.45) is 0 Å². The summed E-state index contributed by atoms with van der Waals surface area (Å²) in [5.74, 6) is -3.26. The summed E-state index contributed by atoms with van der Waals surface area (Å²) in [6, 6.07) is 15.0. The predicted octanol–water partition coefficient (Wildman–Crippen LogP) is 8.08. The van der Waals surface area contributed by atoms with Crippen molar-refractivity contribution in [3.05, 3.63) is 113 Å². The van der Waals surface area contributed by atoms with Crippen LogP contribution in [0.3, 0.4) is 0 Å². The molecule has 0 spiro atoms. The lowest BCUT2D eigenvalue weighted by Gasteiger charge is -2.44. The average Bonchev–Trinajstić information content (AvgIpc) is 3.02. The van der Waals surface area contributed by atoms with Crippen LogP contribution in [0.25, 0.3) is 10.9 Å². The number of nitrogens with zero attached hydrogens (tertiary/aromatic N) is 3. The summed E-state index contributed by atoms with van der Waals surface area (Å²) in [7, 11) is 0. The molecule has 2 atom stereocenters. The number of para-hydroxylation sites is 1. The number of amides is 2. The van der Waals surface area contributed by atoms with E-state index in [1.807, 2.05) is 0 Å². The molecule has 2 unspecified atom stereocenters. The Labute approximate surface area is 262 Å². The van der Waals surface area contributed by atoms with Crippen LogP contribution in [0.1, 0.15) is 45.5 Å². The lowest BCUT2D eigenvalue weighted by Crippen LogP contribution is -2.55. The maximum Gasteiger partial charge on any atom is 0.471 e. The molecule has 2 amide bonds. The number of carbonyl (C=O) groups is 2. The number of alkyl halides is 9. The highest BCUT2D eigenvalue weighted by atomic mass is 19.4. The fraction of sp³-hybridized carbons (Fsp3) is 0.303. The van der Waals surface area contributed by atoms with Crippen LogP contribution < -0.4 is 0 Å². The first-order chi connectivity index (χ1) is 22.0. The van der Waals surface area contributed by atoms with Crippen molar-refractivity contribution in [3.8, 4) is 0 Å². The minimum atomic E-state index is -5.25. The van der Waals surface area contributed by atoms with E-state index in [0.717, 1.165) is 4.90 Å². The molecule has 14 heteroatoms. The molecule has 0 bridgehead atoms. The first-order valence-electron chi connectivity index (χ1n) is 14.4. The maximum atomic E-state index is 14.0. The van der Waals surface area contributed by atoms with Gasteiger partial charge in [-0.05, 0) is 60.7 Å². The van der Waals surface area contributed by atoms with Gasteiger partial charge in [0.1, 0.15) is 0 Å². The molecule has 4 aromatic rings. The first-order valence-corrected chi connectivity index (χ1v) is 14.4. The van der Waals surface area contributed by atoms with Gasteiger partial charge in [-0.25, -0.2) is 0 Å². The number of pyridine rings is 1. The van der Waals surface area contributed by atoms with Gasteiger partial charge < -0.3 is 9.80 Å². The topological polar surface area (TPSA) is 53.5 Å². The van der Waals surface area contributed by atoms with E-state index in [1.165, 1.54) is 12.3 Å². The van der Waals surface area contributed by atoms with E-state index in [1.54, 1.807) is 54.6 Å². The molecule has 1 aliphatic rings. The molecule has 2 heterocycles. The Balaban J connectivity index is 1.52. The number of carbonyl (C=O) groups excluding carboxylic acids is 2. The second kappa shape index (κ2) is 12.9. The second-order valence-corrected chi connectivity index (χ2v) is 11.2. The third-order valence-corrected chi connectivity index (χ3v) is 8.12. The maximum absolute atomic E-state index is 14.0. The average molecular weight is 668 g/mol. The molecule has 0 aliphatic carbocycles. The van der Waals surface area contributed by atoms with E-state index < -0.39 is 65.7 Å². The number of piperidine rings is 1. The van der Waals surface area contributed by atoms with E-state index in [2.05, 4.69) is 4.98 Å². The number of aromatic nitrogens is 1. The van der Waals surface area contributed by atoms with Crippen molar-refractivity contribution in [2.75, 3.05) is 6.54 Å². The molecule has 1 aliphatic heterocycles. The standard InChI is InChI=1S/C33H26F9N3O2/c34-31(35,36)23-15-22(16-24(17-23)32(37,38)39)29(46)44-13-11-25(18-26(44)14-20-6-2-1-3-7-20)45(30(47)33(40,41)42)19-21-10-12-43-28-9-5-4-8-27(21)28/h1-10,12,15-17,25-26H,11,13-14,18-19H2. The molecule has 0 N–H and O–H groups in total. The molecular weight excluding hydrogens is 641 g/mol. The Morgan fingerprint density at radius 3 is 2.04 bits per heavy atom. The fourth-order valence-electron chi connectivity index (χ4n) is 5.91. The number of likely N-dealkylation sites (tertiary alicyclic amines) is 1. The van der Waals surface area contributed by atoms with E-state index >= 15 is 0 Å². The van der Waals surface area contributed by atoms with Crippen LogP contribution in [0.4, 0.5) is 39.5 Å². The number of halogens is 9. The molecule has 1 fully saturated rings. The summed E-state index contributed by atoms with van der Waals surface area (Å²) in [5.41, 5.74) is -2.71. The summed E-state index contributed by atoms with van der Waals surface area (Å²) in [4.78, 5) is 32.5. The molecule has 47 heavy (non-hydrogen) atoms. The van der Waals surface area contributed by atoms with Crippen LogP contribution in [0.5, 0.6) is 0 Å². The van der Waals surface area contributed by atoms with Crippen LogP contribution in [0.15, 0.2) is 85.1 Å². The largest absolute Gasteiger partial charge is 0.471 e. The molecule has 1 saturated heterocycles. The third-order valence-electron chi connectivity index (χ3n) is 8.12. The van der Waals surface area contributed by atoms with Gasteiger partial charge in [0.25, 0.3) is 5.91 Å². The second-order valence-electron chi connectivity index (χ2n) is 11.2. The first kappa shape index (κ1) is 33.7.